The van der Waals surface area contributed by atoms with Gasteiger partial charge in [0, 0.05) is 11.6 Å². The van der Waals surface area contributed by atoms with Gasteiger partial charge in [-0.25, -0.2) is 19.4 Å². The zero-order chi connectivity index (χ0) is 24.5. The highest BCUT2D eigenvalue weighted by molar-refractivity contribution is 6.03. The second-order valence-electron chi connectivity index (χ2n) is 8.45. The van der Waals surface area contributed by atoms with Gasteiger partial charge in [-0.15, -0.1) is 0 Å². The number of aryl methyl sites for hydroxylation is 1. The van der Waals surface area contributed by atoms with Crippen molar-refractivity contribution in [3.8, 4) is 0 Å². The van der Waals surface area contributed by atoms with Gasteiger partial charge in [-0.1, -0.05) is 35.5 Å². The highest BCUT2D eigenvalue weighted by Crippen LogP contribution is 2.40. The highest BCUT2D eigenvalue weighted by Gasteiger charge is 2.35. The van der Waals surface area contributed by atoms with Crippen LogP contribution < -0.4 is 10.6 Å². The summed E-state index contributed by atoms with van der Waals surface area (Å²) in [5, 5.41) is 9.77. The molecule has 1 aliphatic heterocycles. The average Bonchev–Trinajstić information content (AvgIpc) is 3.65. The van der Waals surface area contributed by atoms with Crippen molar-refractivity contribution >= 4 is 29.1 Å². The van der Waals surface area contributed by atoms with Crippen LogP contribution in [0.2, 0.25) is 0 Å². The van der Waals surface area contributed by atoms with Crippen LogP contribution in [0.3, 0.4) is 0 Å². The molecule has 0 unspecified atom stereocenters. The number of benzene rings is 1. The lowest BCUT2D eigenvalue weighted by Gasteiger charge is -2.29. The number of amides is 2. The first-order valence-corrected chi connectivity index (χ1v) is 11.4. The predicted octanol–water partition coefficient (Wildman–Crippen LogP) is 3.44. The van der Waals surface area contributed by atoms with E-state index in [-0.39, 0.29) is 41.7 Å². The molecule has 10 nitrogen and oxygen atoms in total. The Morgan fingerprint density at radius 1 is 1.14 bits per heavy atom. The first kappa shape index (κ1) is 22.6. The number of esters is 2. The molecular weight excluding hydrogens is 452 g/mol. The zero-order valence-corrected chi connectivity index (χ0v) is 19.3. The van der Waals surface area contributed by atoms with Crippen LogP contribution in [-0.2, 0) is 14.3 Å². The summed E-state index contributed by atoms with van der Waals surface area (Å²) >= 11 is 0. The van der Waals surface area contributed by atoms with Gasteiger partial charge < -0.3 is 24.6 Å². The number of hydrogen-bond acceptors (Lipinski definition) is 8. The summed E-state index contributed by atoms with van der Waals surface area (Å²) in [4.78, 5) is 43.0. The fourth-order valence-electron chi connectivity index (χ4n) is 4.16. The van der Waals surface area contributed by atoms with Gasteiger partial charge in [-0.2, -0.15) is 0 Å². The van der Waals surface area contributed by atoms with E-state index < -0.39 is 24.0 Å². The monoisotopic (exact) mass is 476 g/mol. The van der Waals surface area contributed by atoms with Crippen molar-refractivity contribution in [2.24, 2.45) is 0 Å². The van der Waals surface area contributed by atoms with Gasteiger partial charge in [-0.05, 0) is 38.3 Å². The normalized spacial score (nSPS) is 17.7. The van der Waals surface area contributed by atoms with Gasteiger partial charge in [0.15, 0.2) is 0 Å². The van der Waals surface area contributed by atoms with Crippen molar-refractivity contribution in [1.82, 2.24) is 20.8 Å². The molecule has 2 aromatic heterocycles. The van der Waals surface area contributed by atoms with E-state index in [1.807, 2.05) is 6.07 Å². The van der Waals surface area contributed by atoms with Crippen molar-refractivity contribution in [3.05, 3.63) is 70.2 Å². The number of nitrogens with one attached hydrogen (secondary N) is 2. The van der Waals surface area contributed by atoms with E-state index in [0.717, 1.165) is 18.5 Å². The Morgan fingerprint density at radius 3 is 2.63 bits per heavy atom. The molecule has 1 aromatic carbocycles. The number of urea groups is 1. The van der Waals surface area contributed by atoms with Crippen molar-refractivity contribution in [2.75, 3.05) is 13.2 Å². The lowest BCUT2D eigenvalue weighted by Crippen LogP contribution is -2.47. The second-order valence-corrected chi connectivity index (χ2v) is 8.45. The van der Waals surface area contributed by atoms with Crippen LogP contribution in [0.25, 0.3) is 11.1 Å². The van der Waals surface area contributed by atoms with E-state index in [4.69, 9.17) is 14.0 Å². The summed E-state index contributed by atoms with van der Waals surface area (Å²) in [7, 11) is 0. The number of pyridine rings is 1. The summed E-state index contributed by atoms with van der Waals surface area (Å²) in [6.07, 6.45) is 1.99. The maximum absolute atomic E-state index is 13.2. The molecule has 1 atom stereocenters. The molecule has 1 fully saturated rings. The van der Waals surface area contributed by atoms with E-state index in [2.05, 4.69) is 20.8 Å². The maximum atomic E-state index is 13.2. The Bertz CT molecular complexity index is 1340. The Balaban J connectivity index is 1.48. The number of ether oxygens (including phenoxy) is 2. The summed E-state index contributed by atoms with van der Waals surface area (Å²) in [5.74, 6) is -0.965. The first-order chi connectivity index (χ1) is 17.0. The Kier molecular flexibility index (Phi) is 5.94. The molecule has 3 aromatic rings. The largest absolute Gasteiger partial charge is 0.463 e. The smallest absolute Gasteiger partial charge is 0.339 e. The molecule has 2 N–H and O–H groups in total. The molecule has 5 rings (SSSR count). The number of nitrogens with zero attached hydrogens (tertiary/aromatic N) is 2. The first-order valence-electron chi connectivity index (χ1n) is 11.4. The van der Waals surface area contributed by atoms with E-state index in [1.54, 1.807) is 44.2 Å². The summed E-state index contributed by atoms with van der Waals surface area (Å²) in [5.41, 5.74) is 2.87. The second kappa shape index (κ2) is 9.21. The molecule has 180 valence electrons. The Hall–Kier alpha value is -4.21. The third-order valence-electron chi connectivity index (χ3n) is 5.98. The summed E-state index contributed by atoms with van der Waals surface area (Å²) < 4.78 is 16.1. The topological polar surface area (TPSA) is 133 Å². The molecule has 0 radical (unpaired) electrons. The molecule has 0 saturated heterocycles. The number of hydrogen-bond donors (Lipinski definition) is 2. The van der Waals surface area contributed by atoms with E-state index >= 15 is 0 Å². The van der Waals surface area contributed by atoms with Crippen LogP contribution >= 0.6 is 0 Å². The van der Waals surface area contributed by atoms with Gasteiger partial charge in [0.05, 0.1) is 40.6 Å². The van der Waals surface area contributed by atoms with E-state index in [1.165, 1.54) is 0 Å². The molecule has 0 spiro atoms. The molecule has 1 saturated carbocycles. The van der Waals surface area contributed by atoms with Crippen molar-refractivity contribution in [1.29, 1.82) is 0 Å². The third-order valence-corrected chi connectivity index (χ3v) is 5.98. The van der Waals surface area contributed by atoms with Crippen LogP contribution in [0.5, 0.6) is 0 Å². The molecule has 10 heteroatoms. The van der Waals surface area contributed by atoms with Crippen LogP contribution in [0.1, 0.15) is 59.0 Å². The lowest BCUT2D eigenvalue weighted by molar-refractivity contribution is -0.139. The summed E-state index contributed by atoms with van der Waals surface area (Å²) in [6.45, 7) is 3.23. The molecule has 0 bridgehead atoms. The molecule has 3 heterocycles. The maximum Gasteiger partial charge on any atom is 0.339 e. The van der Waals surface area contributed by atoms with Gasteiger partial charge in [-0.3, -0.25) is 0 Å². The molecule has 2 amide bonds. The van der Waals surface area contributed by atoms with Crippen LogP contribution in [0.4, 0.5) is 4.79 Å². The van der Waals surface area contributed by atoms with Crippen LogP contribution in [0.15, 0.2) is 52.2 Å². The van der Waals surface area contributed by atoms with Crippen LogP contribution in [-0.4, -0.2) is 41.3 Å². The van der Waals surface area contributed by atoms with Gasteiger partial charge in [0.25, 0.3) is 5.71 Å². The summed E-state index contributed by atoms with van der Waals surface area (Å²) in [6, 6.07) is 9.46. The zero-order valence-electron chi connectivity index (χ0n) is 19.3. The molecule has 35 heavy (non-hydrogen) atoms. The number of aromatic nitrogens is 2. The third kappa shape index (κ3) is 4.46. The number of fused-ring (bicyclic) bond motifs is 1. The van der Waals surface area contributed by atoms with Gasteiger partial charge >= 0.3 is 18.0 Å². The van der Waals surface area contributed by atoms with Gasteiger partial charge in [0.2, 0.25) is 0 Å². The fraction of sp³-hybridized carbons (Fsp3) is 0.320. The average molecular weight is 476 g/mol. The molecule has 1 aliphatic carbocycles. The minimum atomic E-state index is -0.757. The van der Waals surface area contributed by atoms with Crippen molar-refractivity contribution < 1.29 is 28.4 Å². The SMILES string of the molecule is CCOC(=O)C1=C(COC(=O)c2cc(C3CC3)nc3onc(C)c23)NC(=O)N[C@H]1c1ccccc1. The minimum absolute atomic E-state index is 0.149. The number of rotatable bonds is 7. The van der Waals surface area contributed by atoms with E-state index in [9.17, 15) is 14.4 Å². The molecular formula is C25H24N4O6. The minimum Gasteiger partial charge on any atom is -0.463 e. The number of carbonyl (C=O) groups excluding carboxylic acids is 3. The lowest BCUT2D eigenvalue weighted by atomic mass is 9.95. The van der Waals surface area contributed by atoms with Crippen LogP contribution in [0, 0.1) is 6.92 Å². The number of carbonyl (C=O) groups is 3. The quantitative estimate of drug-likeness (QED) is 0.496. The predicted molar refractivity (Wildman–Crippen MR) is 123 cm³/mol. The Morgan fingerprint density at radius 2 is 1.91 bits per heavy atom. The standard InChI is InChI=1S/C25H24N4O6/c1-3-33-24(31)20-18(27-25(32)28-21(20)15-7-5-4-6-8-15)12-34-23(30)16-11-17(14-9-10-14)26-22-19(16)13(2)29-35-22/h4-8,11,14,21H,3,9-10,12H2,1-2H3,(H2,27,28,32)/t21-/m0/s1. The molecule has 2 aliphatic rings. The van der Waals surface area contributed by atoms with Gasteiger partial charge in [0.1, 0.15) is 6.61 Å². The van der Waals surface area contributed by atoms with Crippen molar-refractivity contribution in [2.45, 2.75) is 38.6 Å². The van der Waals surface area contributed by atoms with E-state index in [0.29, 0.717) is 16.6 Å². The van der Waals surface area contributed by atoms with Crippen molar-refractivity contribution in [3.63, 3.8) is 0 Å². The fourth-order valence-corrected chi connectivity index (χ4v) is 4.16. The Labute approximate surface area is 200 Å². The highest BCUT2D eigenvalue weighted by atomic mass is 16.5.